The Morgan fingerprint density at radius 2 is 1.90 bits per heavy atom. The van der Waals surface area contributed by atoms with E-state index >= 15 is 0 Å². The molecule has 4 heteroatoms. The number of carbonyl (C=O) groups is 1. The number of likely N-dealkylation sites (tertiary alicyclic amines) is 1. The van der Waals surface area contributed by atoms with Crippen molar-refractivity contribution in [2.24, 2.45) is 0 Å². The monoisotopic (exact) mass is 275 g/mol. The van der Waals surface area contributed by atoms with Gasteiger partial charge in [-0.1, -0.05) is 12.8 Å². The number of hydrogen-bond acceptors (Lipinski definition) is 3. The minimum Gasteiger partial charge on any atom is -0.399 e. The summed E-state index contributed by atoms with van der Waals surface area (Å²) < 4.78 is 0. The van der Waals surface area contributed by atoms with Gasteiger partial charge in [0.2, 0.25) is 5.91 Å². The smallest absolute Gasteiger partial charge is 0.241 e. The zero-order chi connectivity index (χ0) is 14.5. The molecule has 0 saturated carbocycles. The highest BCUT2D eigenvalue weighted by Gasteiger charge is 2.22. The van der Waals surface area contributed by atoms with Crippen molar-refractivity contribution >= 4 is 17.3 Å². The second kappa shape index (κ2) is 6.75. The lowest BCUT2D eigenvalue weighted by Gasteiger charge is -2.26. The van der Waals surface area contributed by atoms with E-state index in [9.17, 15) is 4.79 Å². The van der Waals surface area contributed by atoms with Crippen LogP contribution in [0.4, 0.5) is 11.4 Å². The van der Waals surface area contributed by atoms with Crippen LogP contribution in [0.25, 0.3) is 0 Å². The van der Waals surface area contributed by atoms with Gasteiger partial charge in [-0.15, -0.1) is 0 Å². The molecule has 1 aliphatic heterocycles. The normalized spacial score (nSPS) is 18.3. The number of amides is 1. The van der Waals surface area contributed by atoms with Crippen molar-refractivity contribution in [2.75, 3.05) is 24.1 Å². The fourth-order valence-electron chi connectivity index (χ4n) is 2.71. The fraction of sp³-hybridized carbons (Fsp3) is 0.562. The first-order chi connectivity index (χ1) is 9.58. The van der Waals surface area contributed by atoms with Crippen LogP contribution in [0.1, 0.15) is 38.2 Å². The Morgan fingerprint density at radius 3 is 2.50 bits per heavy atom. The molecule has 1 aromatic carbocycles. The summed E-state index contributed by atoms with van der Waals surface area (Å²) in [6.45, 7) is 6.00. The van der Waals surface area contributed by atoms with Gasteiger partial charge >= 0.3 is 0 Å². The number of hydrogen-bond donors (Lipinski definition) is 2. The largest absolute Gasteiger partial charge is 0.399 e. The summed E-state index contributed by atoms with van der Waals surface area (Å²) in [7, 11) is 0. The van der Waals surface area contributed by atoms with Gasteiger partial charge in [0, 0.05) is 11.4 Å². The Labute approximate surface area is 121 Å². The lowest BCUT2D eigenvalue weighted by Crippen LogP contribution is -2.42. The van der Waals surface area contributed by atoms with Crippen LogP contribution in [0.2, 0.25) is 0 Å². The van der Waals surface area contributed by atoms with Crippen LogP contribution >= 0.6 is 0 Å². The maximum Gasteiger partial charge on any atom is 0.241 e. The molecule has 1 amide bonds. The Balaban J connectivity index is 1.99. The number of nitrogen functional groups attached to an aromatic ring is 1. The molecular weight excluding hydrogens is 250 g/mol. The molecule has 110 valence electrons. The molecule has 1 heterocycles. The van der Waals surface area contributed by atoms with E-state index in [1.165, 1.54) is 25.7 Å². The molecule has 0 radical (unpaired) electrons. The minimum absolute atomic E-state index is 0.0692. The van der Waals surface area contributed by atoms with Gasteiger partial charge < -0.3 is 11.1 Å². The van der Waals surface area contributed by atoms with E-state index in [1.807, 2.05) is 32.0 Å². The first-order valence-corrected chi connectivity index (χ1v) is 7.49. The van der Waals surface area contributed by atoms with Crippen LogP contribution in [0.15, 0.2) is 18.2 Å². The van der Waals surface area contributed by atoms with Gasteiger partial charge in [-0.25, -0.2) is 0 Å². The molecule has 1 saturated heterocycles. The second-order valence-electron chi connectivity index (χ2n) is 5.69. The predicted octanol–water partition coefficient (Wildman–Crippen LogP) is 2.78. The molecular formula is C16H25N3O. The second-order valence-corrected chi connectivity index (χ2v) is 5.69. The van der Waals surface area contributed by atoms with Gasteiger partial charge in [-0.05, 0) is 63.5 Å². The van der Waals surface area contributed by atoms with Gasteiger partial charge in [-0.2, -0.15) is 0 Å². The fourth-order valence-corrected chi connectivity index (χ4v) is 2.71. The molecule has 1 fully saturated rings. The van der Waals surface area contributed by atoms with Crippen molar-refractivity contribution in [3.05, 3.63) is 23.8 Å². The molecule has 4 nitrogen and oxygen atoms in total. The SMILES string of the molecule is Cc1cc(N)ccc1NC(=O)C(C)N1CCCCCC1. The Morgan fingerprint density at radius 1 is 1.25 bits per heavy atom. The maximum atomic E-state index is 12.4. The molecule has 20 heavy (non-hydrogen) atoms. The van der Waals surface area contributed by atoms with Gasteiger partial charge in [0.25, 0.3) is 0 Å². The standard InChI is InChI=1S/C16H25N3O/c1-12-11-14(17)7-8-15(12)18-16(20)13(2)19-9-5-3-4-6-10-19/h7-8,11,13H,3-6,9-10,17H2,1-2H3,(H,18,20). The molecule has 3 N–H and O–H groups in total. The number of aryl methyl sites for hydroxylation is 1. The summed E-state index contributed by atoms with van der Waals surface area (Å²) >= 11 is 0. The van der Waals surface area contributed by atoms with Gasteiger partial charge in [0.1, 0.15) is 0 Å². The summed E-state index contributed by atoms with van der Waals surface area (Å²) in [4.78, 5) is 14.7. The van der Waals surface area contributed by atoms with Gasteiger partial charge in [-0.3, -0.25) is 9.69 Å². The van der Waals surface area contributed by atoms with Crippen molar-refractivity contribution < 1.29 is 4.79 Å². The lowest BCUT2D eigenvalue weighted by atomic mass is 10.1. The average molecular weight is 275 g/mol. The maximum absolute atomic E-state index is 12.4. The number of nitrogens with one attached hydrogen (secondary N) is 1. The molecule has 1 aliphatic rings. The molecule has 0 aromatic heterocycles. The summed E-state index contributed by atoms with van der Waals surface area (Å²) in [6.07, 6.45) is 4.95. The third-order valence-electron chi connectivity index (χ3n) is 4.08. The van der Waals surface area contributed by atoms with Crippen LogP contribution < -0.4 is 11.1 Å². The van der Waals surface area contributed by atoms with Crippen LogP contribution in [-0.4, -0.2) is 29.9 Å². The number of anilines is 2. The minimum atomic E-state index is -0.0787. The van der Waals surface area contributed by atoms with E-state index in [2.05, 4.69) is 10.2 Å². The number of nitrogens with two attached hydrogens (primary N) is 1. The molecule has 0 bridgehead atoms. The van der Waals surface area contributed by atoms with Crippen molar-refractivity contribution in [3.8, 4) is 0 Å². The van der Waals surface area contributed by atoms with Crippen LogP contribution in [0, 0.1) is 6.92 Å². The molecule has 1 atom stereocenters. The Kier molecular flexibility index (Phi) is 5.01. The van der Waals surface area contributed by atoms with Crippen molar-refractivity contribution in [2.45, 2.75) is 45.6 Å². The van der Waals surface area contributed by atoms with E-state index in [1.54, 1.807) is 0 Å². The number of benzene rings is 1. The molecule has 1 unspecified atom stereocenters. The third-order valence-corrected chi connectivity index (χ3v) is 4.08. The predicted molar refractivity (Wildman–Crippen MR) is 83.7 cm³/mol. The first-order valence-electron chi connectivity index (χ1n) is 7.49. The Bertz CT molecular complexity index is 465. The lowest BCUT2D eigenvalue weighted by molar-refractivity contribution is -0.120. The summed E-state index contributed by atoms with van der Waals surface area (Å²) in [5.74, 6) is 0.0692. The van der Waals surface area contributed by atoms with Gasteiger partial charge in [0.15, 0.2) is 0 Å². The van der Waals surface area contributed by atoms with E-state index in [0.717, 1.165) is 30.0 Å². The molecule has 0 aliphatic carbocycles. The quantitative estimate of drug-likeness (QED) is 0.834. The highest BCUT2D eigenvalue weighted by Crippen LogP contribution is 2.19. The van der Waals surface area contributed by atoms with E-state index < -0.39 is 0 Å². The third kappa shape index (κ3) is 3.73. The van der Waals surface area contributed by atoms with Crippen LogP contribution in [0.5, 0.6) is 0 Å². The van der Waals surface area contributed by atoms with Crippen LogP contribution in [0.3, 0.4) is 0 Å². The summed E-state index contributed by atoms with van der Waals surface area (Å²) in [6, 6.07) is 5.49. The Hall–Kier alpha value is -1.55. The molecule has 1 aromatic rings. The van der Waals surface area contributed by atoms with Gasteiger partial charge in [0.05, 0.1) is 6.04 Å². The summed E-state index contributed by atoms with van der Waals surface area (Å²) in [5, 5.41) is 3.02. The van der Waals surface area contributed by atoms with Crippen molar-refractivity contribution in [1.82, 2.24) is 4.90 Å². The highest BCUT2D eigenvalue weighted by atomic mass is 16.2. The van der Waals surface area contributed by atoms with E-state index in [-0.39, 0.29) is 11.9 Å². The van der Waals surface area contributed by atoms with Crippen molar-refractivity contribution in [3.63, 3.8) is 0 Å². The molecule has 2 rings (SSSR count). The first kappa shape index (κ1) is 14.9. The summed E-state index contributed by atoms with van der Waals surface area (Å²) in [5.41, 5.74) is 8.31. The highest BCUT2D eigenvalue weighted by molar-refractivity contribution is 5.95. The van der Waals surface area contributed by atoms with E-state index in [4.69, 9.17) is 5.73 Å². The zero-order valence-electron chi connectivity index (χ0n) is 12.5. The number of carbonyl (C=O) groups excluding carboxylic acids is 1. The van der Waals surface area contributed by atoms with Crippen molar-refractivity contribution in [1.29, 1.82) is 0 Å². The van der Waals surface area contributed by atoms with E-state index in [0.29, 0.717) is 0 Å². The average Bonchev–Trinajstić information content (AvgIpc) is 2.70. The van der Waals surface area contributed by atoms with Crippen LogP contribution in [-0.2, 0) is 4.79 Å². The topological polar surface area (TPSA) is 58.4 Å². The molecule has 0 spiro atoms. The zero-order valence-corrected chi connectivity index (χ0v) is 12.5. The number of rotatable bonds is 3. The number of nitrogens with zero attached hydrogens (tertiary/aromatic N) is 1.